The van der Waals surface area contributed by atoms with Crippen LogP contribution in [0.2, 0.25) is 0 Å². The first-order chi connectivity index (χ1) is 15.7. The number of nitrogens with one attached hydrogen (secondary N) is 1. The molecular formula is C28H32N2O3. The Morgan fingerprint density at radius 1 is 1.15 bits per heavy atom. The SMILES string of the molecule is C#CC(CC)(CC)NC(=O)c1cccc(C(=O)CC2=NC(C)(C)Cc3ccc(OC)cc32)c1. The fraction of sp³-hybridized carbons (Fsp3) is 0.393. The van der Waals surface area contributed by atoms with Gasteiger partial charge in [0.25, 0.3) is 5.91 Å². The summed E-state index contributed by atoms with van der Waals surface area (Å²) in [5.74, 6) is 3.07. The van der Waals surface area contributed by atoms with Gasteiger partial charge < -0.3 is 10.1 Å². The summed E-state index contributed by atoms with van der Waals surface area (Å²) in [6, 6.07) is 12.7. The number of aliphatic imine (C=N–C) groups is 1. The zero-order valence-electron chi connectivity index (χ0n) is 20.1. The highest BCUT2D eigenvalue weighted by atomic mass is 16.5. The second-order valence-electron chi connectivity index (χ2n) is 9.14. The number of benzene rings is 2. The van der Waals surface area contributed by atoms with E-state index in [1.54, 1.807) is 31.4 Å². The van der Waals surface area contributed by atoms with Crippen molar-refractivity contribution >= 4 is 17.4 Å². The van der Waals surface area contributed by atoms with Crippen molar-refractivity contribution in [2.45, 2.75) is 64.5 Å². The van der Waals surface area contributed by atoms with Crippen molar-refractivity contribution in [3.05, 3.63) is 64.7 Å². The Bertz CT molecular complexity index is 1130. The molecule has 0 radical (unpaired) electrons. The van der Waals surface area contributed by atoms with Crippen LogP contribution in [0.5, 0.6) is 5.75 Å². The number of amides is 1. The molecule has 3 rings (SSSR count). The van der Waals surface area contributed by atoms with Gasteiger partial charge in [-0.2, -0.15) is 0 Å². The van der Waals surface area contributed by atoms with Gasteiger partial charge in [0.05, 0.1) is 24.8 Å². The number of ether oxygens (including phenoxy) is 1. The number of nitrogens with zero attached hydrogens (tertiary/aromatic N) is 1. The predicted molar refractivity (Wildman–Crippen MR) is 132 cm³/mol. The van der Waals surface area contributed by atoms with E-state index in [2.05, 4.69) is 25.1 Å². The summed E-state index contributed by atoms with van der Waals surface area (Å²) < 4.78 is 5.38. The van der Waals surface area contributed by atoms with Crippen LogP contribution < -0.4 is 10.1 Å². The normalized spacial score (nSPS) is 14.5. The van der Waals surface area contributed by atoms with Crippen molar-refractivity contribution in [2.75, 3.05) is 7.11 Å². The summed E-state index contributed by atoms with van der Waals surface area (Å²) in [5, 5.41) is 2.96. The maximum Gasteiger partial charge on any atom is 0.252 e. The van der Waals surface area contributed by atoms with Crippen molar-refractivity contribution in [1.82, 2.24) is 5.32 Å². The predicted octanol–water partition coefficient (Wildman–Crippen LogP) is 5.01. The van der Waals surface area contributed by atoms with Crippen LogP contribution in [-0.2, 0) is 6.42 Å². The number of hydrogen-bond donors (Lipinski definition) is 1. The van der Waals surface area contributed by atoms with Crippen molar-refractivity contribution in [2.24, 2.45) is 4.99 Å². The molecule has 0 unspecified atom stereocenters. The molecule has 1 amide bonds. The number of terminal acetylenes is 1. The van der Waals surface area contributed by atoms with Crippen LogP contribution in [0.3, 0.4) is 0 Å². The number of carbonyl (C=O) groups is 2. The van der Waals surface area contributed by atoms with Gasteiger partial charge in [0, 0.05) is 16.7 Å². The van der Waals surface area contributed by atoms with Gasteiger partial charge in [-0.3, -0.25) is 14.6 Å². The smallest absolute Gasteiger partial charge is 0.252 e. The lowest BCUT2D eigenvalue weighted by atomic mass is 9.85. The van der Waals surface area contributed by atoms with E-state index < -0.39 is 5.54 Å². The molecule has 0 aliphatic carbocycles. The molecule has 1 aliphatic heterocycles. The molecular weight excluding hydrogens is 412 g/mol. The number of methoxy groups -OCH3 is 1. The molecule has 33 heavy (non-hydrogen) atoms. The van der Waals surface area contributed by atoms with E-state index in [0.717, 1.165) is 29.0 Å². The molecule has 1 aliphatic rings. The first-order valence-electron chi connectivity index (χ1n) is 11.4. The Hall–Kier alpha value is -3.39. The third-order valence-electron chi connectivity index (χ3n) is 6.30. The molecule has 172 valence electrons. The zero-order chi connectivity index (χ0) is 24.2. The Morgan fingerprint density at radius 2 is 1.85 bits per heavy atom. The zero-order valence-corrected chi connectivity index (χ0v) is 20.1. The first kappa shape index (κ1) is 24.3. The molecule has 0 saturated carbocycles. The lowest BCUT2D eigenvalue weighted by molar-refractivity contribution is 0.0916. The minimum Gasteiger partial charge on any atom is -0.497 e. The minimum atomic E-state index is -0.692. The third kappa shape index (κ3) is 5.34. The van der Waals surface area contributed by atoms with Gasteiger partial charge in [0.15, 0.2) is 5.78 Å². The van der Waals surface area contributed by atoms with E-state index in [-0.39, 0.29) is 23.7 Å². The van der Waals surface area contributed by atoms with Crippen molar-refractivity contribution in [3.8, 4) is 18.1 Å². The maximum atomic E-state index is 13.2. The minimum absolute atomic E-state index is 0.0935. The van der Waals surface area contributed by atoms with Crippen LogP contribution in [0.25, 0.3) is 0 Å². The Balaban J connectivity index is 1.86. The summed E-state index contributed by atoms with van der Waals surface area (Å²) in [6.07, 6.45) is 7.88. The molecule has 2 aromatic rings. The summed E-state index contributed by atoms with van der Waals surface area (Å²) in [6.45, 7) is 8.02. The molecule has 0 aromatic heterocycles. The van der Waals surface area contributed by atoms with Crippen LogP contribution >= 0.6 is 0 Å². The number of fused-ring (bicyclic) bond motifs is 1. The van der Waals surface area contributed by atoms with Crippen LogP contribution in [0.4, 0.5) is 0 Å². The lowest BCUT2D eigenvalue weighted by Crippen LogP contribution is -2.46. The largest absolute Gasteiger partial charge is 0.497 e. The van der Waals surface area contributed by atoms with Gasteiger partial charge >= 0.3 is 0 Å². The summed E-state index contributed by atoms with van der Waals surface area (Å²) >= 11 is 0. The van der Waals surface area contributed by atoms with Gasteiger partial charge in [-0.1, -0.05) is 38.0 Å². The van der Waals surface area contributed by atoms with E-state index >= 15 is 0 Å². The van der Waals surface area contributed by atoms with Crippen LogP contribution in [0, 0.1) is 12.3 Å². The van der Waals surface area contributed by atoms with Gasteiger partial charge in [0.2, 0.25) is 0 Å². The van der Waals surface area contributed by atoms with E-state index in [4.69, 9.17) is 16.2 Å². The highest BCUT2D eigenvalue weighted by molar-refractivity contribution is 6.17. The van der Waals surface area contributed by atoms with Crippen molar-refractivity contribution < 1.29 is 14.3 Å². The molecule has 0 spiro atoms. The molecule has 5 nitrogen and oxygen atoms in total. The third-order valence-corrected chi connectivity index (χ3v) is 6.30. The molecule has 0 fully saturated rings. The standard InChI is InChI=1S/C28H32N2O3/c1-7-28(8-2,9-3)30-26(32)20-12-10-11-19(15-20)25(31)17-24-23-16-22(33-6)14-13-21(23)18-27(4,5)29-24/h1,10-16H,8-9,17-18H2,2-6H3,(H,30,32). The fourth-order valence-corrected chi connectivity index (χ4v) is 4.22. The monoisotopic (exact) mass is 444 g/mol. The molecule has 0 atom stereocenters. The molecule has 1 N–H and O–H groups in total. The number of carbonyl (C=O) groups excluding carboxylic acids is 2. The number of ketones is 1. The summed E-state index contributed by atoms with van der Waals surface area (Å²) in [7, 11) is 1.62. The average molecular weight is 445 g/mol. The number of Topliss-reactive ketones (excluding diaryl/α,β-unsaturated/α-hetero) is 1. The molecule has 1 heterocycles. The topological polar surface area (TPSA) is 67.8 Å². The highest BCUT2D eigenvalue weighted by Gasteiger charge is 2.29. The van der Waals surface area contributed by atoms with Crippen LogP contribution in [0.15, 0.2) is 47.5 Å². The summed E-state index contributed by atoms with van der Waals surface area (Å²) in [5.41, 5.74) is 2.73. The highest BCUT2D eigenvalue weighted by Crippen LogP contribution is 2.31. The van der Waals surface area contributed by atoms with Crippen LogP contribution in [-0.4, -0.2) is 35.6 Å². The van der Waals surface area contributed by atoms with Gasteiger partial charge in [-0.25, -0.2) is 0 Å². The van der Waals surface area contributed by atoms with E-state index in [0.29, 0.717) is 24.0 Å². The molecule has 2 aromatic carbocycles. The lowest BCUT2D eigenvalue weighted by Gasteiger charge is -2.29. The van der Waals surface area contributed by atoms with Crippen molar-refractivity contribution in [1.29, 1.82) is 0 Å². The van der Waals surface area contributed by atoms with Crippen molar-refractivity contribution in [3.63, 3.8) is 0 Å². The number of hydrogen-bond acceptors (Lipinski definition) is 4. The first-order valence-corrected chi connectivity index (χ1v) is 11.4. The molecule has 0 bridgehead atoms. The van der Waals surface area contributed by atoms with E-state index in [1.807, 2.05) is 32.0 Å². The maximum absolute atomic E-state index is 13.2. The Labute approximate surface area is 196 Å². The summed E-state index contributed by atoms with van der Waals surface area (Å²) in [4.78, 5) is 31.0. The average Bonchev–Trinajstić information content (AvgIpc) is 2.81. The van der Waals surface area contributed by atoms with Gasteiger partial charge in [-0.15, -0.1) is 6.42 Å². The quantitative estimate of drug-likeness (QED) is 0.459. The second-order valence-corrected chi connectivity index (χ2v) is 9.14. The van der Waals surface area contributed by atoms with E-state index in [1.165, 1.54) is 0 Å². The Kier molecular flexibility index (Phi) is 7.07. The second kappa shape index (κ2) is 9.62. The fourth-order valence-electron chi connectivity index (χ4n) is 4.22. The number of rotatable bonds is 8. The van der Waals surface area contributed by atoms with Crippen LogP contribution in [0.1, 0.15) is 78.8 Å². The van der Waals surface area contributed by atoms with E-state index in [9.17, 15) is 9.59 Å². The molecule has 5 heteroatoms. The van der Waals surface area contributed by atoms with Gasteiger partial charge in [0.1, 0.15) is 11.3 Å². The van der Waals surface area contributed by atoms with Gasteiger partial charge in [-0.05, 0) is 62.9 Å². The Morgan fingerprint density at radius 3 is 2.48 bits per heavy atom. The molecule has 0 saturated heterocycles.